The zero-order chi connectivity index (χ0) is 13.7. The highest BCUT2D eigenvalue weighted by atomic mass is 16.6. The van der Waals surface area contributed by atoms with Gasteiger partial charge in [-0.3, -0.25) is 14.9 Å². The summed E-state index contributed by atoms with van der Waals surface area (Å²) in [4.78, 5) is 21.6. The van der Waals surface area contributed by atoms with Crippen LogP contribution in [0.3, 0.4) is 0 Å². The summed E-state index contributed by atoms with van der Waals surface area (Å²) in [7, 11) is 0. The molecule has 0 bridgehead atoms. The maximum Gasteiger partial charge on any atom is 0.269 e. The molecule has 0 saturated heterocycles. The maximum atomic E-state index is 11.6. The van der Waals surface area contributed by atoms with E-state index < -0.39 is 4.92 Å². The Morgan fingerprint density at radius 3 is 2.53 bits per heavy atom. The van der Waals surface area contributed by atoms with Crippen LogP contribution >= 0.6 is 0 Å². The Kier molecular flexibility index (Phi) is 4.46. The summed E-state index contributed by atoms with van der Waals surface area (Å²) in [5, 5.41) is 13.1. The van der Waals surface area contributed by atoms with Gasteiger partial charge >= 0.3 is 0 Å². The average molecular weight is 264 g/mol. The van der Waals surface area contributed by atoms with Crippen molar-refractivity contribution in [1.29, 1.82) is 0 Å². The van der Waals surface area contributed by atoms with Crippen molar-refractivity contribution in [3.63, 3.8) is 0 Å². The monoisotopic (exact) mass is 264 g/mol. The van der Waals surface area contributed by atoms with Crippen molar-refractivity contribution >= 4 is 17.3 Å². The minimum atomic E-state index is -0.477. The van der Waals surface area contributed by atoms with Crippen LogP contribution in [0.1, 0.15) is 25.7 Å². The number of hydrogen-bond donors (Lipinski definition) is 1. The number of non-ortho nitro benzene ring substituents is 1. The fraction of sp³-hybridized carbons (Fsp3) is 0.462. The van der Waals surface area contributed by atoms with E-state index in [0.29, 0.717) is 5.69 Å². The first-order valence-corrected chi connectivity index (χ1v) is 6.31. The number of hydrogen-bond acceptors (Lipinski definition) is 4. The molecule has 1 amide bonds. The van der Waals surface area contributed by atoms with Gasteiger partial charge in [0.1, 0.15) is 6.61 Å². The fourth-order valence-electron chi connectivity index (χ4n) is 2.11. The number of ether oxygens (including phenoxy) is 1. The van der Waals surface area contributed by atoms with Crippen molar-refractivity contribution in [2.24, 2.45) is 0 Å². The molecular weight excluding hydrogens is 248 g/mol. The van der Waals surface area contributed by atoms with Crippen molar-refractivity contribution in [2.45, 2.75) is 31.8 Å². The molecule has 1 aromatic rings. The lowest BCUT2D eigenvalue weighted by Gasteiger charge is -2.10. The summed E-state index contributed by atoms with van der Waals surface area (Å²) >= 11 is 0. The van der Waals surface area contributed by atoms with Crippen LogP contribution in [0.5, 0.6) is 0 Å². The van der Waals surface area contributed by atoms with Gasteiger partial charge in [-0.2, -0.15) is 0 Å². The number of carbonyl (C=O) groups is 1. The van der Waals surface area contributed by atoms with Crippen molar-refractivity contribution in [1.82, 2.24) is 0 Å². The Balaban J connectivity index is 1.79. The second-order valence-electron chi connectivity index (χ2n) is 4.57. The van der Waals surface area contributed by atoms with E-state index in [2.05, 4.69) is 5.32 Å². The number of nitrogens with one attached hydrogen (secondary N) is 1. The first kappa shape index (κ1) is 13.5. The van der Waals surface area contributed by atoms with Crippen LogP contribution in [0.25, 0.3) is 0 Å². The standard InChI is InChI=1S/C13H16N2O4/c16-13(9-19-12-3-1-2-4-12)14-10-5-7-11(8-6-10)15(17)18/h5-8,12H,1-4,9H2,(H,14,16). The number of nitro groups is 1. The minimum absolute atomic E-state index is 0.000189. The molecule has 1 N–H and O–H groups in total. The topological polar surface area (TPSA) is 81.5 Å². The molecule has 2 rings (SSSR count). The molecule has 19 heavy (non-hydrogen) atoms. The molecule has 1 aromatic carbocycles. The van der Waals surface area contributed by atoms with Crippen LogP contribution in [0, 0.1) is 10.1 Å². The minimum Gasteiger partial charge on any atom is -0.368 e. The van der Waals surface area contributed by atoms with Gasteiger partial charge in [0.25, 0.3) is 5.69 Å². The van der Waals surface area contributed by atoms with Gasteiger partial charge in [0.2, 0.25) is 5.91 Å². The third-order valence-electron chi connectivity index (χ3n) is 3.11. The second kappa shape index (κ2) is 6.29. The molecule has 0 radical (unpaired) electrons. The Hall–Kier alpha value is -1.95. The maximum absolute atomic E-state index is 11.6. The average Bonchev–Trinajstić information content (AvgIpc) is 2.90. The molecule has 0 unspecified atom stereocenters. The summed E-state index contributed by atoms with van der Waals surface area (Å²) in [6.45, 7) is 0.0294. The Morgan fingerprint density at radius 2 is 1.95 bits per heavy atom. The largest absolute Gasteiger partial charge is 0.368 e. The van der Waals surface area contributed by atoms with Gasteiger partial charge in [0.05, 0.1) is 11.0 Å². The molecule has 6 heteroatoms. The van der Waals surface area contributed by atoms with E-state index in [1.807, 2.05) is 0 Å². The molecule has 1 aliphatic carbocycles. The highest BCUT2D eigenvalue weighted by molar-refractivity contribution is 5.91. The van der Waals surface area contributed by atoms with E-state index in [1.165, 1.54) is 24.3 Å². The molecule has 1 fully saturated rings. The van der Waals surface area contributed by atoms with E-state index in [-0.39, 0.29) is 24.3 Å². The summed E-state index contributed by atoms with van der Waals surface area (Å²) < 4.78 is 5.48. The number of amides is 1. The predicted molar refractivity (Wildman–Crippen MR) is 69.9 cm³/mol. The SMILES string of the molecule is O=C(COC1CCCC1)Nc1ccc([N+](=O)[O-])cc1. The van der Waals surface area contributed by atoms with Crippen molar-refractivity contribution in [2.75, 3.05) is 11.9 Å². The molecule has 0 aliphatic heterocycles. The number of nitro benzene ring substituents is 1. The van der Waals surface area contributed by atoms with Crippen LogP contribution in [-0.4, -0.2) is 23.5 Å². The zero-order valence-electron chi connectivity index (χ0n) is 10.5. The lowest BCUT2D eigenvalue weighted by Crippen LogP contribution is -2.21. The van der Waals surface area contributed by atoms with Crippen molar-refractivity contribution in [3.8, 4) is 0 Å². The predicted octanol–water partition coefficient (Wildman–Crippen LogP) is 2.49. The van der Waals surface area contributed by atoms with E-state index in [9.17, 15) is 14.9 Å². The highest BCUT2D eigenvalue weighted by Crippen LogP contribution is 2.21. The number of nitrogens with zero attached hydrogens (tertiary/aromatic N) is 1. The lowest BCUT2D eigenvalue weighted by atomic mass is 10.3. The first-order chi connectivity index (χ1) is 9.15. The number of carbonyl (C=O) groups excluding carboxylic acids is 1. The molecule has 1 saturated carbocycles. The van der Waals surface area contributed by atoms with E-state index in [4.69, 9.17) is 4.74 Å². The van der Waals surface area contributed by atoms with E-state index in [0.717, 1.165) is 25.7 Å². The third kappa shape index (κ3) is 4.03. The molecule has 0 heterocycles. The van der Waals surface area contributed by atoms with Crippen LogP contribution in [0.4, 0.5) is 11.4 Å². The quantitative estimate of drug-likeness (QED) is 0.654. The van der Waals surface area contributed by atoms with Gasteiger partial charge in [-0.1, -0.05) is 12.8 Å². The highest BCUT2D eigenvalue weighted by Gasteiger charge is 2.16. The van der Waals surface area contributed by atoms with Gasteiger partial charge in [-0.15, -0.1) is 0 Å². The second-order valence-corrected chi connectivity index (χ2v) is 4.57. The molecule has 0 atom stereocenters. The Labute approximate surface area is 110 Å². The Bertz CT molecular complexity index is 452. The molecule has 1 aliphatic rings. The summed E-state index contributed by atoms with van der Waals surface area (Å²) in [5.41, 5.74) is 0.533. The van der Waals surface area contributed by atoms with Crippen molar-refractivity contribution in [3.05, 3.63) is 34.4 Å². The van der Waals surface area contributed by atoms with Crippen LogP contribution in [0.2, 0.25) is 0 Å². The van der Waals surface area contributed by atoms with Gasteiger partial charge in [-0.25, -0.2) is 0 Å². The van der Waals surface area contributed by atoms with Gasteiger partial charge in [0, 0.05) is 17.8 Å². The van der Waals surface area contributed by atoms with Crippen LogP contribution in [-0.2, 0) is 9.53 Å². The van der Waals surface area contributed by atoms with Gasteiger partial charge in [-0.05, 0) is 25.0 Å². The summed E-state index contributed by atoms with van der Waals surface area (Å²) in [6.07, 6.45) is 4.56. The molecule has 0 aromatic heterocycles. The van der Waals surface area contributed by atoms with Crippen LogP contribution < -0.4 is 5.32 Å². The van der Waals surface area contributed by atoms with E-state index >= 15 is 0 Å². The zero-order valence-corrected chi connectivity index (χ0v) is 10.5. The lowest BCUT2D eigenvalue weighted by molar-refractivity contribution is -0.384. The number of anilines is 1. The molecular formula is C13H16N2O4. The van der Waals surface area contributed by atoms with Gasteiger partial charge in [0.15, 0.2) is 0 Å². The molecule has 0 spiro atoms. The van der Waals surface area contributed by atoms with E-state index in [1.54, 1.807) is 0 Å². The molecule has 6 nitrogen and oxygen atoms in total. The summed E-state index contributed by atoms with van der Waals surface area (Å²) in [6, 6.07) is 5.72. The smallest absolute Gasteiger partial charge is 0.269 e. The normalized spacial score (nSPS) is 15.4. The van der Waals surface area contributed by atoms with Crippen molar-refractivity contribution < 1.29 is 14.5 Å². The molecule has 102 valence electrons. The third-order valence-corrected chi connectivity index (χ3v) is 3.11. The first-order valence-electron chi connectivity index (χ1n) is 6.31. The van der Waals surface area contributed by atoms with Gasteiger partial charge < -0.3 is 10.1 Å². The van der Waals surface area contributed by atoms with Crippen LogP contribution in [0.15, 0.2) is 24.3 Å². The fourth-order valence-corrected chi connectivity index (χ4v) is 2.11. The number of benzene rings is 1. The Morgan fingerprint density at radius 1 is 1.32 bits per heavy atom. The number of rotatable bonds is 5. The summed E-state index contributed by atoms with van der Waals surface area (Å²) in [5.74, 6) is -0.235.